The Labute approximate surface area is 163 Å². The highest BCUT2D eigenvalue weighted by Gasteiger charge is 2.59. The number of benzene rings is 1. The topological polar surface area (TPSA) is 94.2 Å². The largest absolute Gasteiger partial charge is 0.465 e. The normalized spacial score (nSPS) is 21.5. The number of Topliss-reactive ketones (excluding diaryl/α,β-unsaturated/α-hetero) is 1. The molecule has 1 aromatic rings. The summed E-state index contributed by atoms with van der Waals surface area (Å²) in [4.78, 5) is 40.3. The Hall–Kier alpha value is -3.03. The number of nitrogens with one attached hydrogen (secondary N) is 1. The number of para-hydroxylation sites is 1. The van der Waals surface area contributed by atoms with Crippen molar-refractivity contribution in [1.29, 1.82) is 0 Å². The highest BCUT2D eigenvalue weighted by Crippen LogP contribution is 2.46. The molecule has 0 spiro atoms. The van der Waals surface area contributed by atoms with E-state index < -0.39 is 28.9 Å². The minimum absolute atomic E-state index is 0.0259. The molecular weight excluding hydrogens is 364 g/mol. The van der Waals surface area contributed by atoms with Crippen LogP contribution in [0.3, 0.4) is 0 Å². The Bertz CT molecular complexity index is 870. The van der Waals surface area contributed by atoms with Gasteiger partial charge in [-0.15, -0.1) is 0 Å². The Morgan fingerprint density at radius 2 is 1.96 bits per heavy atom. The lowest BCUT2D eigenvalue weighted by Crippen LogP contribution is -2.56. The number of hydrogen-bond donors (Lipinski definition) is 1. The first kappa shape index (κ1) is 19.7. The van der Waals surface area contributed by atoms with E-state index >= 15 is 0 Å². The Morgan fingerprint density at radius 1 is 1.29 bits per heavy atom. The van der Waals surface area contributed by atoms with Crippen molar-refractivity contribution < 1.29 is 28.6 Å². The molecule has 0 saturated carbocycles. The summed E-state index contributed by atoms with van der Waals surface area (Å²) in [7, 11) is 1.58. The molecule has 0 unspecified atom stereocenters. The second kappa shape index (κ2) is 6.85. The third kappa shape index (κ3) is 3.08. The number of fused-ring (bicyclic) bond motifs is 1. The van der Waals surface area contributed by atoms with Crippen LogP contribution in [-0.2, 0) is 29.3 Å². The maximum Gasteiger partial charge on any atom is 0.409 e. The van der Waals surface area contributed by atoms with Crippen LogP contribution in [0.4, 0.5) is 10.5 Å². The average molecular weight is 388 g/mol. The number of rotatable bonds is 4. The average Bonchev–Trinajstić information content (AvgIpc) is 3.06. The zero-order chi connectivity index (χ0) is 20.7. The lowest BCUT2D eigenvalue weighted by molar-refractivity contribution is -0.125. The lowest BCUT2D eigenvalue weighted by atomic mass is 9.82. The van der Waals surface area contributed by atoms with Crippen LogP contribution in [0.15, 0.2) is 35.8 Å². The number of carbonyl (C=O) groups is 3. The summed E-state index contributed by atoms with van der Waals surface area (Å²) in [6.45, 7) is 6.85. The SMILES string of the molecule is CCOC1=C([C@@]2(NC(=O)OC(C)(C)C)C(=O)N(C)c3ccccc32)C(=O)CO1. The van der Waals surface area contributed by atoms with Crippen LogP contribution in [0.5, 0.6) is 0 Å². The second-order valence-corrected chi connectivity index (χ2v) is 7.57. The van der Waals surface area contributed by atoms with Gasteiger partial charge in [-0.05, 0) is 33.8 Å². The van der Waals surface area contributed by atoms with Gasteiger partial charge in [0.25, 0.3) is 11.9 Å². The molecule has 0 radical (unpaired) electrons. The van der Waals surface area contributed by atoms with Crippen LogP contribution in [0.25, 0.3) is 0 Å². The summed E-state index contributed by atoms with van der Waals surface area (Å²) in [6.07, 6.45) is -0.825. The number of likely N-dealkylation sites (N-methyl/N-ethyl adjacent to an activating group) is 1. The van der Waals surface area contributed by atoms with Crippen molar-refractivity contribution in [3.05, 3.63) is 41.3 Å². The number of carbonyl (C=O) groups excluding carboxylic acids is 3. The molecule has 2 aliphatic heterocycles. The Morgan fingerprint density at radius 3 is 2.61 bits per heavy atom. The number of ether oxygens (including phenoxy) is 3. The van der Waals surface area contributed by atoms with Crippen LogP contribution in [0, 0.1) is 0 Å². The predicted octanol–water partition coefficient (Wildman–Crippen LogP) is 2.23. The molecule has 2 aliphatic rings. The van der Waals surface area contributed by atoms with Gasteiger partial charge in [-0.25, -0.2) is 4.79 Å². The summed E-state index contributed by atoms with van der Waals surface area (Å²) in [5, 5.41) is 2.65. The highest BCUT2D eigenvalue weighted by molar-refractivity contribution is 6.18. The van der Waals surface area contributed by atoms with Gasteiger partial charge in [0.05, 0.1) is 6.61 Å². The fourth-order valence-electron chi connectivity index (χ4n) is 3.44. The summed E-state index contributed by atoms with van der Waals surface area (Å²) in [5.41, 5.74) is -1.56. The minimum atomic E-state index is -1.79. The molecule has 2 heterocycles. The van der Waals surface area contributed by atoms with E-state index in [1.165, 1.54) is 4.90 Å². The number of alkyl carbamates (subject to hydrolysis) is 1. The fraction of sp³-hybridized carbons (Fsp3) is 0.450. The molecule has 2 amide bonds. The number of amides is 2. The molecule has 28 heavy (non-hydrogen) atoms. The van der Waals surface area contributed by atoms with E-state index in [0.29, 0.717) is 11.3 Å². The molecule has 1 N–H and O–H groups in total. The summed E-state index contributed by atoms with van der Waals surface area (Å²) in [5.74, 6) is -0.981. The van der Waals surface area contributed by atoms with Crippen molar-refractivity contribution >= 4 is 23.5 Å². The smallest absolute Gasteiger partial charge is 0.409 e. The molecule has 0 aliphatic carbocycles. The quantitative estimate of drug-likeness (QED) is 0.850. The van der Waals surface area contributed by atoms with E-state index in [1.54, 1.807) is 59.0 Å². The molecule has 0 fully saturated rings. The second-order valence-electron chi connectivity index (χ2n) is 7.57. The van der Waals surface area contributed by atoms with E-state index in [9.17, 15) is 14.4 Å². The van der Waals surface area contributed by atoms with E-state index in [-0.39, 0.29) is 24.7 Å². The first-order valence-corrected chi connectivity index (χ1v) is 9.04. The molecule has 150 valence electrons. The summed E-state index contributed by atoms with van der Waals surface area (Å²) >= 11 is 0. The van der Waals surface area contributed by atoms with Crippen molar-refractivity contribution in [2.45, 2.75) is 38.8 Å². The van der Waals surface area contributed by atoms with Gasteiger partial charge >= 0.3 is 6.09 Å². The van der Waals surface area contributed by atoms with Crippen LogP contribution in [0.1, 0.15) is 33.3 Å². The molecule has 8 nitrogen and oxygen atoms in total. The third-order valence-electron chi connectivity index (χ3n) is 4.45. The van der Waals surface area contributed by atoms with Gasteiger partial charge in [0.2, 0.25) is 5.78 Å². The van der Waals surface area contributed by atoms with E-state index in [2.05, 4.69) is 5.32 Å². The third-order valence-corrected chi connectivity index (χ3v) is 4.45. The molecule has 0 aromatic heterocycles. The van der Waals surface area contributed by atoms with Crippen LogP contribution in [0.2, 0.25) is 0 Å². The van der Waals surface area contributed by atoms with Crippen LogP contribution >= 0.6 is 0 Å². The zero-order valence-electron chi connectivity index (χ0n) is 16.6. The van der Waals surface area contributed by atoms with Crippen molar-refractivity contribution in [3.63, 3.8) is 0 Å². The number of hydrogen-bond acceptors (Lipinski definition) is 6. The van der Waals surface area contributed by atoms with Crippen molar-refractivity contribution in [2.75, 3.05) is 25.2 Å². The fourth-order valence-corrected chi connectivity index (χ4v) is 3.44. The van der Waals surface area contributed by atoms with Gasteiger partial charge in [0.1, 0.15) is 11.2 Å². The monoisotopic (exact) mass is 388 g/mol. The van der Waals surface area contributed by atoms with Gasteiger partial charge in [-0.3, -0.25) is 14.9 Å². The van der Waals surface area contributed by atoms with Gasteiger partial charge < -0.3 is 19.1 Å². The standard InChI is InChI=1S/C20H24N2O6/c1-6-26-16-15(14(23)11-27-16)20(21-18(25)28-19(2,3)4)12-9-7-8-10-13(12)22(5)17(20)24/h7-10H,6,11H2,1-5H3,(H,21,25)/t20-/m1/s1. The molecule has 0 bridgehead atoms. The molecule has 1 aromatic carbocycles. The Balaban J connectivity index is 2.22. The maximum atomic E-state index is 13.4. The Kier molecular flexibility index (Phi) is 4.82. The number of ketones is 1. The predicted molar refractivity (Wildman–Crippen MR) is 101 cm³/mol. The molecular formula is C20H24N2O6. The van der Waals surface area contributed by atoms with E-state index in [1.807, 2.05) is 0 Å². The number of nitrogens with zero attached hydrogens (tertiary/aromatic N) is 1. The van der Waals surface area contributed by atoms with E-state index in [4.69, 9.17) is 14.2 Å². The molecule has 3 rings (SSSR count). The van der Waals surface area contributed by atoms with Crippen molar-refractivity contribution in [3.8, 4) is 0 Å². The van der Waals surface area contributed by atoms with E-state index in [0.717, 1.165) is 0 Å². The molecule has 0 saturated heterocycles. The van der Waals surface area contributed by atoms with Gasteiger partial charge in [0, 0.05) is 18.3 Å². The van der Waals surface area contributed by atoms with Gasteiger partial charge in [-0.2, -0.15) is 0 Å². The van der Waals surface area contributed by atoms with Crippen molar-refractivity contribution in [2.24, 2.45) is 0 Å². The maximum absolute atomic E-state index is 13.4. The van der Waals surface area contributed by atoms with Crippen LogP contribution in [-0.4, -0.2) is 43.6 Å². The first-order chi connectivity index (χ1) is 13.1. The minimum Gasteiger partial charge on any atom is -0.465 e. The highest BCUT2D eigenvalue weighted by atomic mass is 16.7. The first-order valence-electron chi connectivity index (χ1n) is 9.04. The zero-order valence-corrected chi connectivity index (χ0v) is 16.6. The van der Waals surface area contributed by atoms with Crippen LogP contribution < -0.4 is 10.2 Å². The lowest BCUT2D eigenvalue weighted by Gasteiger charge is -2.31. The molecule has 1 atom stereocenters. The summed E-state index contributed by atoms with van der Waals surface area (Å²) in [6, 6.07) is 6.94. The molecule has 8 heteroatoms. The van der Waals surface area contributed by atoms with Crippen molar-refractivity contribution in [1.82, 2.24) is 5.32 Å². The van der Waals surface area contributed by atoms with Gasteiger partial charge in [-0.1, -0.05) is 18.2 Å². The summed E-state index contributed by atoms with van der Waals surface area (Å²) < 4.78 is 16.2. The number of anilines is 1. The van der Waals surface area contributed by atoms with Gasteiger partial charge in [0.15, 0.2) is 12.1 Å².